The van der Waals surface area contributed by atoms with Crippen LogP contribution >= 0.6 is 0 Å². The van der Waals surface area contributed by atoms with Gasteiger partial charge in [-0.3, -0.25) is 0 Å². The summed E-state index contributed by atoms with van der Waals surface area (Å²) in [7, 11) is 0. The zero-order chi connectivity index (χ0) is 7.11. The fourth-order valence-electron chi connectivity index (χ4n) is 0.622. The van der Waals surface area contributed by atoms with Gasteiger partial charge in [-0.15, -0.1) is 0 Å². The molecule has 0 aromatic carbocycles. The highest BCUT2D eigenvalue weighted by molar-refractivity contribution is 4.97. The van der Waals surface area contributed by atoms with Gasteiger partial charge in [0, 0.05) is 0 Å². The fraction of sp³-hybridized carbons (Fsp3) is 0.556. The zero-order valence-corrected chi connectivity index (χ0v) is 6.65. The molecule has 0 nitrogen and oxygen atoms in total. The number of allylic oxidation sites excluding steroid dienone is 4. The molecule has 52 valence electrons. The first-order valence-electron chi connectivity index (χ1n) is 3.54. The summed E-state index contributed by atoms with van der Waals surface area (Å²) in [4.78, 5) is 0. The lowest BCUT2D eigenvalue weighted by atomic mass is 10.1. The van der Waals surface area contributed by atoms with E-state index in [2.05, 4.69) is 39.0 Å². The lowest BCUT2D eigenvalue weighted by molar-refractivity contribution is 0.972. The third-order valence-electron chi connectivity index (χ3n) is 1.43. The first-order valence-corrected chi connectivity index (χ1v) is 3.54. The quantitative estimate of drug-likeness (QED) is 0.506. The molecular formula is C9H16. The van der Waals surface area contributed by atoms with Gasteiger partial charge in [0.15, 0.2) is 0 Å². The van der Waals surface area contributed by atoms with Crippen LogP contribution in [0.4, 0.5) is 0 Å². The maximum Gasteiger partial charge on any atom is -0.0288 e. The van der Waals surface area contributed by atoms with Crippen LogP contribution in [0.15, 0.2) is 23.8 Å². The Hall–Kier alpha value is -0.520. The molecule has 0 aromatic heterocycles. The van der Waals surface area contributed by atoms with Gasteiger partial charge >= 0.3 is 0 Å². The standard InChI is InChI=1S/C9H16/c1-4-6-7-8-9(3)5-2/h4-6H,7-8H2,1-3H3/b6-4-,9-5-. The third kappa shape index (κ3) is 5.35. The highest BCUT2D eigenvalue weighted by Crippen LogP contribution is 2.02. The van der Waals surface area contributed by atoms with Crippen LogP contribution in [0.25, 0.3) is 0 Å². The van der Waals surface area contributed by atoms with E-state index in [0.717, 1.165) is 0 Å². The summed E-state index contributed by atoms with van der Waals surface area (Å²) in [5.41, 5.74) is 1.48. The minimum Gasteiger partial charge on any atom is -0.0917 e. The van der Waals surface area contributed by atoms with Crippen molar-refractivity contribution in [3.63, 3.8) is 0 Å². The van der Waals surface area contributed by atoms with Gasteiger partial charge in [0.2, 0.25) is 0 Å². The van der Waals surface area contributed by atoms with E-state index in [0.29, 0.717) is 0 Å². The van der Waals surface area contributed by atoms with Crippen LogP contribution in [0.3, 0.4) is 0 Å². The van der Waals surface area contributed by atoms with Gasteiger partial charge < -0.3 is 0 Å². The average molecular weight is 124 g/mol. The van der Waals surface area contributed by atoms with Crippen LogP contribution in [0.1, 0.15) is 33.6 Å². The molecule has 0 atom stereocenters. The Kier molecular flexibility index (Phi) is 5.29. The molecule has 0 spiro atoms. The van der Waals surface area contributed by atoms with Crippen LogP contribution < -0.4 is 0 Å². The van der Waals surface area contributed by atoms with Crippen molar-refractivity contribution in [2.45, 2.75) is 33.6 Å². The molecule has 0 unspecified atom stereocenters. The number of rotatable bonds is 3. The Labute approximate surface area is 58.3 Å². The van der Waals surface area contributed by atoms with Gasteiger partial charge in [-0.1, -0.05) is 23.8 Å². The monoisotopic (exact) mass is 124 g/mol. The van der Waals surface area contributed by atoms with E-state index in [-0.39, 0.29) is 0 Å². The predicted molar refractivity (Wildman–Crippen MR) is 43.5 cm³/mol. The van der Waals surface area contributed by atoms with E-state index in [9.17, 15) is 0 Å². The maximum atomic E-state index is 2.20. The second kappa shape index (κ2) is 5.61. The predicted octanol–water partition coefficient (Wildman–Crippen LogP) is 3.31. The smallest absolute Gasteiger partial charge is 0.0288 e. The minimum atomic E-state index is 1.19. The number of hydrogen-bond acceptors (Lipinski definition) is 0. The van der Waals surface area contributed by atoms with Gasteiger partial charge in [-0.2, -0.15) is 0 Å². The van der Waals surface area contributed by atoms with Crippen molar-refractivity contribution in [2.24, 2.45) is 0 Å². The Morgan fingerprint density at radius 1 is 1.33 bits per heavy atom. The first kappa shape index (κ1) is 8.48. The highest BCUT2D eigenvalue weighted by Gasteiger charge is 1.82. The first-order chi connectivity index (χ1) is 4.31. The summed E-state index contributed by atoms with van der Waals surface area (Å²) in [6, 6.07) is 0. The van der Waals surface area contributed by atoms with E-state index in [1.165, 1.54) is 18.4 Å². The molecule has 0 aliphatic carbocycles. The molecule has 0 aliphatic heterocycles. The minimum absolute atomic E-state index is 1.19. The van der Waals surface area contributed by atoms with Crippen LogP contribution in [0.5, 0.6) is 0 Å². The van der Waals surface area contributed by atoms with Crippen LogP contribution in [0.2, 0.25) is 0 Å². The molecule has 0 saturated carbocycles. The van der Waals surface area contributed by atoms with E-state index < -0.39 is 0 Å². The second-order valence-corrected chi connectivity index (χ2v) is 2.24. The van der Waals surface area contributed by atoms with Crippen molar-refractivity contribution in [1.82, 2.24) is 0 Å². The fourth-order valence-corrected chi connectivity index (χ4v) is 0.622. The van der Waals surface area contributed by atoms with Gasteiger partial charge in [-0.05, 0) is 33.6 Å². The molecule has 0 saturated heterocycles. The molecule has 0 aromatic rings. The van der Waals surface area contributed by atoms with E-state index in [4.69, 9.17) is 0 Å². The Morgan fingerprint density at radius 3 is 2.44 bits per heavy atom. The summed E-state index contributed by atoms with van der Waals surface area (Å²) in [5, 5.41) is 0. The molecule has 0 N–H and O–H groups in total. The molecule has 0 bridgehead atoms. The van der Waals surface area contributed by atoms with Crippen LogP contribution in [0, 0.1) is 0 Å². The van der Waals surface area contributed by atoms with Gasteiger partial charge in [0.05, 0.1) is 0 Å². The summed E-state index contributed by atoms with van der Waals surface area (Å²) in [6.45, 7) is 6.32. The highest BCUT2D eigenvalue weighted by atomic mass is 13.9. The molecule has 0 rings (SSSR count). The van der Waals surface area contributed by atoms with Gasteiger partial charge in [0.25, 0.3) is 0 Å². The lowest BCUT2D eigenvalue weighted by Gasteiger charge is -1.93. The van der Waals surface area contributed by atoms with Crippen LogP contribution in [-0.4, -0.2) is 0 Å². The van der Waals surface area contributed by atoms with Gasteiger partial charge in [0.1, 0.15) is 0 Å². The van der Waals surface area contributed by atoms with Crippen molar-refractivity contribution in [3.8, 4) is 0 Å². The van der Waals surface area contributed by atoms with Crippen molar-refractivity contribution < 1.29 is 0 Å². The van der Waals surface area contributed by atoms with Gasteiger partial charge in [-0.25, -0.2) is 0 Å². The largest absolute Gasteiger partial charge is 0.0917 e. The van der Waals surface area contributed by atoms with E-state index in [1.807, 2.05) is 0 Å². The van der Waals surface area contributed by atoms with Crippen molar-refractivity contribution in [3.05, 3.63) is 23.8 Å². The summed E-state index contributed by atoms with van der Waals surface area (Å²) in [5.74, 6) is 0. The molecule has 0 heteroatoms. The summed E-state index contributed by atoms with van der Waals surface area (Å²) < 4.78 is 0. The van der Waals surface area contributed by atoms with E-state index >= 15 is 0 Å². The normalized spacial score (nSPS) is 13.0. The van der Waals surface area contributed by atoms with E-state index in [1.54, 1.807) is 0 Å². The molecule has 0 fully saturated rings. The van der Waals surface area contributed by atoms with Crippen LogP contribution in [-0.2, 0) is 0 Å². The Morgan fingerprint density at radius 2 is 2.00 bits per heavy atom. The molecule has 9 heavy (non-hydrogen) atoms. The number of hydrogen-bond donors (Lipinski definition) is 0. The zero-order valence-electron chi connectivity index (χ0n) is 6.65. The summed E-state index contributed by atoms with van der Waals surface area (Å²) in [6.07, 6.45) is 8.87. The SMILES string of the molecule is C/C=C\CC/C(C)=C\C. The molecular weight excluding hydrogens is 108 g/mol. The molecule has 0 amide bonds. The average Bonchev–Trinajstić information content (AvgIpc) is 1.89. The molecule has 0 heterocycles. The Bertz CT molecular complexity index is 107. The molecule has 0 radical (unpaired) electrons. The molecule has 0 aliphatic rings. The van der Waals surface area contributed by atoms with Crippen molar-refractivity contribution >= 4 is 0 Å². The summed E-state index contributed by atoms with van der Waals surface area (Å²) >= 11 is 0. The second-order valence-electron chi connectivity index (χ2n) is 2.24. The lowest BCUT2D eigenvalue weighted by Crippen LogP contribution is -1.72. The maximum absolute atomic E-state index is 2.20. The third-order valence-corrected chi connectivity index (χ3v) is 1.43. The van der Waals surface area contributed by atoms with Crippen molar-refractivity contribution in [2.75, 3.05) is 0 Å². The topological polar surface area (TPSA) is 0 Å². The van der Waals surface area contributed by atoms with Crippen molar-refractivity contribution in [1.29, 1.82) is 0 Å². The Balaban J connectivity index is 3.28.